The molecule has 1 aromatic rings. The molecule has 0 bridgehead atoms. The molecule has 0 aliphatic heterocycles. The summed E-state index contributed by atoms with van der Waals surface area (Å²) in [7, 11) is 0. The van der Waals surface area contributed by atoms with E-state index >= 15 is 0 Å². The lowest BCUT2D eigenvalue weighted by atomic mass is 9.85. The number of nitrogens with one attached hydrogen (secondary N) is 2. The lowest BCUT2D eigenvalue weighted by molar-refractivity contribution is -0.122. The SMILES string of the molecule is CCc1n[nH]c(CC)c1NC(=O)C1CCC1. The number of aryl methyl sites for hydroxylation is 2. The monoisotopic (exact) mass is 221 g/mol. The number of aromatic nitrogens is 2. The van der Waals surface area contributed by atoms with Gasteiger partial charge in [0.2, 0.25) is 5.91 Å². The number of rotatable bonds is 4. The van der Waals surface area contributed by atoms with Crippen LogP contribution in [0.2, 0.25) is 0 Å². The standard InChI is InChI=1S/C12H19N3O/c1-3-9-11(10(4-2)15-14-9)13-12(16)8-6-5-7-8/h8H,3-7H2,1-2H3,(H,13,16)(H,14,15). The Labute approximate surface area is 95.8 Å². The van der Waals surface area contributed by atoms with Gasteiger partial charge in [-0.25, -0.2) is 0 Å². The molecular weight excluding hydrogens is 202 g/mol. The maximum atomic E-state index is 11.9. The third kappa shape index (κ3) is 1.96. The summed E-state index contributed by atoms with van der Waals surface area (Å²) in [5.41, 5.74) is 2.91. The number of nitrogens with zero attached hydrogens (tertiary/aromatic N) is 1. The van der Waals surface area contributed by atoms with Gasteiger partial charge in [0.15, 0.2) is 0 Å². The van der Waals surface area contributed by atoms with Gasteiger partial charge in [-0.1, -0.05) is 20.3 Å². The summed E-state index contributed by atoms with van der Waals surface area (Å²) < 4.78 is 0. The van der Waals surface area contributed by atoms with Crippen molar-refractivity contribution in [3.63, 3.8) is 0 Å². The van der Waals surface area contributed by atoms with E-state index in [0.717, 1.165) is 42.8 Å². The maximum Gasteiger partial charge on any atom is 0.227 e. The molecule has 0 unspecified atom stereocenters. The summed E-state index contributed by atoms with van der Waals surface area (Å²) in [5, 5.41) is 10.2. The molecule has 2 rings (SSSR count). The molecule has 0 spiro atoms. The zero-order valence-corrected chi connectivity index (χ0v) is 9.97. The number of hydrogen-bond acceptors (Lipinski definition) is 2. The van der Waals surface area contributed by atoms with Crippen LogP contribution in [0.25, 0.3) is 0 Å². The summed E-state index contributed by atoms with van der Waals surface area (Å²) in [6, 6.07) is 0. The minimum atomic E-state index is 0.164. The molecule has 0 atom stereocenters. The lowest BCUT2D eigenvalue weighted by Crippen LogP contribution is -2.28. The predicted molar refractivity (Wildman–Crippen MR) is 63.3 cm³/mol. The second-order valence-electron chi connectivity index (χ2n) is 4.35. The second-order valence-corrected chi connectivity index (χ2v) is 4.35. The highest BCUT2D eigenvalue weighted by atomic mass is 16.1. The first-order valence-corrected chi connectivity index (χ1v) is 6.13. The van der Waals surface area contributed by atoms with Gasteiger partial charge in [-0.05, 0) is 25.7 Å². The van der Waals surface area contributed by atoms with Crippen molar-refractivity contribution in [1.82, 2.24) is 10.2 Å². The fourth-order valence-corrected chi connectivity index (χ4v) is 1.98. The van der Waals surface area contributed by atoms with Gasteiger partial charge < -0.3 is 5.32 Å². The van der Waals surface area contributed by atoms with Crippen molar-refractivity contribution < 1.29 is 4.79 Å². The molecule has 0 aromatic carbocycles. The number of carbonyl (C=O) groups is 1. The Morgan fingerprint density at radius 2 is 2.19 bits per heavy atom. The molecule has 1 saturated carbocycles. The maximum absolute atomic E-state index is 11.9. The normalized spacial score (nSPS) is 15.9. The largest absolute Gasteiger partial charge is 0.323 e. The van der Waals surface area contributed by atoms with Gasteiger partial charge in [-0.15, -0.1) is 0 Å². The van der Waals surface area contributed by atoms with Gasteiger partial charge in [0.1, 0.15) is 0 Å². The highest BCUT2D eigenvalue weighted by Gasteiger charge is 2.26. The van der Waals surface area contributed by atoms with E-state index in [2.05, 4.69) is 29.4 Å². The third-order valence-corrected chi connectivity index (χ3v) is 3.33. The van der Waals surface area contributed by atoms with Crippen LogP contribution in [0.4, 0.5) is 5.69 Å². The first kappa shape index (κ1) is 11.2. The molecule has 1 amide bonds. The van der Waals surface area contributed by atoms with Crippen molar-refractivity contribution in [2.24, 2.45) is 5.92 Å². The molecule has 1 heterocycles. The first-order valence-electron chi connectivity index (χ1n) is 6.13. The van der Waals surface area contributed by atoms with Crippen molar-refractivity contribution in [3.8, 4) is 0 Å². The molecule has 2 N–H and O–H groups in total. The first-order chi connectivity index (χ1) is 7.76. The molecule has 4 heteroatoms. The van der Waals surface area contributed by atoms with E-state index in [1.54, 1.807) is 0 Å². The molecule has 4 nitrogen and oxygen atoms in total. The van der Waals surface area contributed by atoms with Crippen LogP contribution in [0.3, 0.4) is 0 Å². The highest BCUT2D eigenvalue weighted by molar-refractivity contribution is 5.94. The van der Waals surface area contributed by atoms with Gasteiger partial charge >= 0.3 is 0 Å². The lowest BCUT2D eigenvalue weighted by Gasteiger charge is -2.24. The average Bonchev–Trinajstić information content (AvgIpc) is 2.57. The van der Waals surface area contributed by atoms with E-state index < -0.39 is 0 Å². The number of aromatic amines is 1. The van der Waals surface area contributed by atoms with Gasteiger partial charge in [0.05, 0.1) is 17.1 Å². The molecule has 16 heavy (non-hydrogen) atoms. The number of H-pyrrole nitrogens is 1. The van der Waals surface area contributed by atoms with Crippen molar-refractivity contribution in [3.05, 3.63) is 11.4 Å². The van der Waals surface area contributed by atoms with Crippen LogP contribution in [0, 0.1) is 5.92 Å². The summed E-state index contributed by atoms with van der Waals surface area (Å²) >= 11 is 0. The molecular formula is C12H19N3O. The topological polar surface area (TPSA) is 57.8 Å². The smallest absolute Gasteiger partial charge is 0.227 e. The Balaban J connectivity index is 2.11. The van der Waals surface area contributed by atoms with E-state index in [0.29, 0.717) is 0 Å². The van der Waals surface area contributed by atoms with Gasteiger partial charge in [0, 0.05) is 5.92 Å². The minimum Gasteiger partial charge on any atom is -0.323 e. The van der Waals surface area contributed by atoms with E-state index in [1.165, 1.54) is 6.42 Å². The number of carbonyl (C=O) groups excluding carboxylic acids is 1. The summed E-state index contributed by atoms with van der Waals surface area (Å²) in [4.78, 5) is 11.9. The molecule has 0 saturated heterocycles. The fourth-order valence-electron chi connectivity index (χ4n) is 1.98. The highest BCUT2D eigenvalue weighted by Crippen LogP contribution is 2.29. The Kier molecular flexibility index (Phi) is 3.27. The molecule has 1 aromatic heterocycles. The summed E-state index contributed by atoms with van der Waals surface area (Å²) in [6.45, 7) is 4.11. The van der Waals surface area contributed by atoms with E-state index in [9.17, 15) is 4.79 Å². The number of hydrogen-bond donors (Lipinski definition) is 2. The third-order valence-electron chi connectivity index (χ3n) is 3.33. The minimum absolute atomic E-state index is 0.164. The van der Waals surface area contributed by atoms with Crippen LogP contribution in [-0.2, 0) is 17.6 Å². The molecule has 1 aliphatic rings. The quantitative estimate of drug-likeness (QED) is 0.819. The van der Waals surface area contributed by atoms with Crippen LogP contribution in [0.15, 0.2) is 0 Å². The van der Waals surface area contributed by atoms with Gasteiger partial charge in [0.25, 0.3) is 0 Å². The van der Waals surface area contributed by atoms with Gasteiger partial charge in [-0.2, -0.15) is 5.10 Å². The van der Waals surface area contributed by atoms with Crippen molar-refractivity contribution in [1.29, 1.82) is 0 Å². The molecule has 1 aliphatic carbocycles. The van der Waals surface area contributed by atoms with E-state index in [4.69, 9.17) is 0 Å². The van der Waals surface area contributed by atoms with E-state index in [1.807, 2.05) is 0 Å². The Hall–Kier alpha value is -1.32. The zero-order valence-electron chi connectivity index (χ0n) is 9.97. The van der Waals surface area contributed by atoms with Crippen LogP contribution >= 0.6 is 0 Å². The van der Waals surface area contributed by atoms with Crippen LogP contribution < -0.4 is 5.32 Å². The van der Waals surface area contributed by atoms with Crippen LogP contribution in [-0.4, -0.2) is 16.1 Å². The molecule has 0 radical (unpaired) electrons. The Morgan fingerprint density at radius 3 is 2.69 bits per heavy atom. The molecule has 88 valence electrons. The van der Waals surface area contributed by atoms with Crippen molar-refractivity contribution in [2.45, 2.75) is 46.0 Å². The fraction of sp³-hybridized carbons (Fsp3) is 0.667. The summed E-state index contributed by atoms with van der Waals surface area (Å²) in [6.07, 6.45) is 4.97. The number of anilines is 1. The average molecular weight is 221 g/mol. The Morgan fingerprint density at radius 1 is 1.44 bits per heavy atom. The molecule has 1 fully saturated rings. The van der Waals surface area contributed by atoms with E-state index in [-0.39, 0.29) is 11.8 Å². The number of amides is 1. The Bertz CT molecular complexity index is 358. The van der Waals surface area contributed by atoms with Crippen molar-refractivity contribution >= 4 is 11.6 Å². The predicted octanol–water partition coefficient (Wildman–Crippen LogP) is 2.27. The zero-order chi connectivity index (χ0) is 11.5. The van der Waals surface area contributed by atoms with Gasteiger partial charge in [-0.3, -0.25) is 9.89 Å². The van der Waals surface area contributed by atoms with Crippen molar-refractivity contribution in [2.75, 3.05) is 5.32 Å². The summed E-state index contributed by atoms with van der Waals surface area (Å²) in [5.74, 6) is 0.390. The second kappa shape index (κ2) is 4.68. The van der Waals surface area contributed by atoms with Crippen LogP contribution in [0.1, 0.15) is 44.5 Å². The van der Waals surface area contributed by atoms with Crippen LogP contribution in [0.5, 0.6) is 0 Å².